The molecule has 0 aliphatic rings. The number of rotatable bonds is 1. The van der Waals surface area contributed by atoms with E-state index in [4.69, 9.17) is 15.8 Å². The standard InChI is InChI=1S/C7H11BN2O2/c1-4-3-6(8(11)12)7(9)10-5(4)2/h3,11-12H,1-2H3,(H2,9,10). The molecule has 4 N–H and O–H groups in total. The molecule has 4 nitrogen and oxygen atoms in total. The molecule has 0 radical (unpaired) electrons. The lowest BCUT2D eigenvalue weighted by atomic mass is 9.80. The Morgan fingerprint density at radius 2 is 2.00 bits per heavy atom. The molecule has 0 saturated heterocycles. The molecule has 0 saturated carbocycles. The van der Waals surface area contributed by atoms with Gasteiger partial charge in [-0.05, 0) is 19.4 Å². The van der Waals surface area contributed by atoms with Gasteiger partial charge in [0, 0.05) is 11.2 Å². The summed E-state index contributed by atoms with van der Waals surface area (Å²) in [5, 5.41) is 17.7. The molecule has 0 spiro atoms. The maximum absolute atomic E-state index is 8.86. The number of nitrogens with two attached hydrogens (primary N) is 1. The van der Waals surface area contributed by atoms with Gasteiger partial charge in [-0.25, -0.2) is 4.98 Å². The van der Waals surface area contributed by atoms with Crippen molar-refractivity contribution in [2.75, 3.05) is 5.73 Å². The molecule has 1 aromatic rings. The SMILES string of the molecule is Cc1cc(B(O)O)c(N)nc1C. The van der Waals surface area contributed by atoms with E-state index in [1.54, 1.807) is 6.07 Å². The molecule has 0 fully saturated rings. The normalized spacial score (nSPS) is 10.0. The average molecular weight is 166 g/mol. The Balaban J connectivity index is 3.23. The van der Waals surface area contributed by atoms with Gasteiger partial charge in [0.2, 0.25) is 0 Å². The molecule has 1 aromatic heterocycles. The van der Waals surface area contributed by atoms with Crippen molar-refractivity contribution in [2.45, 2.75) is 13.8 Å². The predicted octanol–water partition coefficient (Wildman–Crippen LogP) is -1.04. The first-order chi connectivity index (χ1) is 5.52. The zero-order valence-electron chi connectivity index (χ0n) is 7.07. The van der Waals surface area contributed by atoms with E-state index in [2.05, 4.69) is 4.98 Å². The Bertz CT molecular complexity index is 302. The zero-order valence-corrected chi connectivity index (χ0v) is 7.07. The molecule has 0 amide bonds. The molecule has 1 heterocycles. The monoisotopic (exact) mass is 166 g/mol. The van der Waals surface area contributed by atoms with Crippen LogP contribution in [0.2, 0.25) is 0 Å². The molecular formula is C7H11BN2O2. The van der Waals surface area contributed by atoms with E-state index in [0.717, 1.165) is 11.3 Å². The largest absolute Gasteiger partial charge is 0.492 e. The first-order valence-electron chi connectivity index (χ1n) is 3.62. The van der Waals surface area contributed by atoms with Gasteiger partial charge in [0.15, 0.2) is 0 Å². The van der Waals surface area contributed by atoms with Crippen molar-refractivity contribution in [1.82, 2.24) is 4.98 Å². The van der Waals surface area contributed by atoms with Gasteiger partial charge in [0.1, 0.15) is 5.82 Å². The van der Waals surface area contributed by atoms with Crippen LogP contribution < -0.4 is 11.2 Å². The molecule has 0 aliphatic carbocycles. The molecule has 0 aromatic carbocycles. The predicted molar refractivity (Wildman–Crippen MR) is 47.9 cm³/mol. The quantitative estimate of drug-likeness (QED) is 0.465. The molecule has 0 bridgehead atoms. The molecule has 1 rings (SSSR count). The van der Waals surface area contributed by atoms with Crippen LogP contribution >= 0.6 is 0 Å². The molecular weight excluding hydrogens is 155 g/mol. The van der Waals surface area contributed by atoms with Crippen LogP contribution in [0.3, 0.4) is 0 Å². The van der Waals surface area contributed by atoms with Crippen LogP contribution in [-0.2, 0) is 0 Å². The third-order valence-corrected chi connectivity index (χ3v) is 1.80. The van der Waals surface area contributed by atoms with Gasteiger partial charge < -0.3 is 15.8 Å². The molecule has 64 valence electrons. The third kappa shape index (κ3) is 1.57. The molecule has 12 heavy (non-hydrogen) atoms. The summed E-state index contributed by atoms with van der Waals surface area (Å²) < 4.78 is 0. The van der Waals surface area contributed by atoms with Crippen LogP contribution in [0.25, 0.3) is 0 Å². The highest BCUT2D eigenvalue weighted by molar-refractivity contribution is 6.60. The smallest absolute Gasteiger partial charge is 0.423 e. The lowest BCUT2D eigenvalue weighted by Gasteiger charge is -2.06. The van der Waals surface area contributed by atoms with Crippen molar-refractivity contribution < 1.29 is 10.0 Å². The number of aromatic nitrogens is 1. The highest BCUT2D eigenvalue weighted by Gasteiger charge is 2.16. The van der Waals surface area contributed by atoms with E-state index in [1.807, 2.05) is 13.8 Å². The van der Waals surface area contributed by atoms with Crippen LogP contribution in [0.4, 0.5) is 5.82 Å². The minimum atomic E-state index is -1.54. The number of hydrogen-bond acceptors (Lipinski definition) is 4. The molecule has 0 atom stereocenters. The first kappa shape index (κ1) is 9.03. The maximum Gasteiger partial charge on any atom is 0.492 e. The van der Waals surface area contributed by atoms with Crippen LogP contribution in [0.5, 0.6) is 0 Å². The topological polar surface area (TPSA) is 79.4 Å². The molecule has 0 aliphatic heterocycles. The second-order valence-electron chi connectivity index (χ2n) is 2.74. The van der Waals surface area contributed by atoms with Gasteiger partial charge in [-0.3, -0.25) is 0 Å². The fraction of sp³-hybridized carbons (Fsp3) is 0.286. The number of nitrogen functional groups attached to an aromatic ring is 1. The number of nitrogens with zero attached hydrogens (tertiary/aromatic N) is 1. The van der Waals surface area contributed by atoms with Crippen molar-refractivity contribution in [3.8, 4) is 0 Å². The fourth-order valence-corrected chi connectivity index (χ4v) is 0.952. The van der Waals surface area contributed by atoms with E-state index >= 15 is 0 Å². The van der Waals surface area contributed by atoms with Gasteiger partial charge in [0.05, 0.1) is 0 Å². The zero-order chi connectivity index (χ0) is 9.30. The van der Waals surface area contributed by atoms with Gasteiger partial charge in [-0.1, -0.05) is 6.07 Å². The van der Waals surface area contributed by atoms with Crippen molar-refractivity contribution in [3.05, 3.63) is 17.3 Å². The summed E-state index contributed by atoms with van der Waals surface area (Å²) in [4.78, 5) is 3.95. The van der Waals surface area contributed by atoms with Crippen LogP contribution in [0.1, 0.15) is 11.3 Å². The Hall–Kier alpha value is -1.07. The number of pyridine rings is 1. The summed E-state index contributed by atoms with van der Waals surface area (Å²) in [5.74, 6) is 0.174. The minimum absolute atomic E-state index is 0.174. The van der Waals surface area contributed by atoms with Crippen molar-refractivity contribution in [1.29, 1.82) is 0 Å². The van der Waals surface area contributed by atoms with Gasteiger partial charge in [-0.2, -0.15) is 0 Å². The van der Waals surface area contributed by atoms with Gasteiger partial charge in [-0.15, -0.1) is 0 Å². The summed E-state index contributed by atoms with van der Waals surface area (Å²) in [6.07, 6.45) is 0. The first-order valence-corrected chi connectivity index (χ1v) is 3.62. The van der Waals surface area contributed by atoms with E-state index in [9.17, 15) is 0 Å². The van der Waals surface area contributed by atoms with E-state index in [0.29, 0.717) is 0 Å². The Labute approximate surface area is 71.2 Å². The van der Waals surface area contributed by atoms with E-state index in [1.165, 1.54) is 0 Å². The average Bonchev–Trinajstić information content (AvgIpc) is 1.96. The Morgan fingerprint density at radius 3 is 2.50 bits per heavy atom. The van der Waals surface area contributed by atoms with Crippen LogP contribution in [-0.4, -0.2) is 22.2 Å². The molecule has 5 heteroatoms. The second-order valence-corrected chi connectivity index (χ2v) is 2.74. The minimum Gasteiger partial charge on any atom is -0.423 e. The third-order valence-electron chi connectivity index (χ3n) is 1.80. The molecule has 0 unspecified atom stereocenters. The maximum atomic E-state index is 8.86. The van der Waals surface area contributed by atoms with Crippen LogP contribution in [0, 0.1) is 13.8 Å². The summed E-state index contributed by atoms with van der Waals surface area (Å²) in [7, 11) is -1.54. The van der Waals surface area contributed by atoms with Crippen LogP contribution in [0.15, 0.2) is 6.07 Å². The van der Waals surface area contributed by atoms with Crippen molar-refractivity contribution in [3.63, 3.8) is 0 Å². The summed E-state index contributed by atoms with van der Waals surface area (Å²) in [6.45, 7) is 3.66. The Morgan fingerprint density at radius 1 is 1.42 bits per heavy atom. The van der Waals surface area contributed by atoms with Crippen molar-refractivity contribution in [2.24, 2.45) is 0 Å². The van der Waals surface area contributed by atoms with Gasteiger partial charge in [0.25, 0.3) is 0 Å². The highest BCUT2D eigenvalue weighted by atomic mass is 16.4. The summed E-state index contributed by atoms with van der Waals surface area (Å²) in [5.41, 5.74) is 7.42. The second kappa shape index (κ2) is 3.12. The number of hydrogen-bond donors (Lipinski definition) is 3. The van der Waals surface area contributed by atoms with E-state index < -0.39 is 7.12 Å². The fourth-order valence-electron chi connectivity index (χ4n) is 0.952. The lowest BCUT2D eigenvalue weighted by Crippen LogP contribution is -2.33. The Kier molecular flexibility index (Phi) is 2.35. The lowest BCUT2D eigenvalue weighted by molar-refractivity contribution is 0.426. The highest BCUT2D eigenvalue weighted by Crippen LogP contribution is 2.04. The summed E-state index contributed by atoms with van der Waals surface area (Å²) in [6, 6.07) is 1.63. The van der Waals surface area contributed by atoms with E-state index in [-0.39, 0.29) is 11.3 Å². The van der Waals surface area contributed by atoms with Gasteiger partial charge >= 0.3 is 7.12 Å². The number of aryl methyl sites for hydroxylation is 2. The van der Waals surface area contributed by atoms with Crippen molar-refractivity contribution >= 4 is 18.4 Å². The summed E-state index contributed by atoms with van der Waals surface area (Å²) >= 11 is 0. The number of anilines is 1.